The molecule has 0 spiro atoms. The van der Waals surface area contributed by atoms with Gasteiger partial charge in [0.25, 0.3) is 5.91 Å². The zero-order valence-electron chi connectivity index (χ0n) is 17.5. The molecular formula is C21H29N5O3S2. The van der Waals surface area contributed by atoms with Crippen LogP contribution in [0.25, 0.3) is 0 Å². The van der Waals surface area contributed by atoms with Crippen molar-refractivity contribution < 1.29 is 13.2 Å². The van der Waals surface area contributed by atoms with E-state index in [4.69, 9.17) is 0 Å². The molecule has 2 aliphatic rings. The van der Waals surface area contributed by atoms with E-state index in [1.54, 1.807) is 18.0 Å². The van der Waals surface area contributed by atoms with E-state index in [1.165, 1.54) is 42.3 Å². The second-order valence-corrected chi connectivity index (χ2v) is 11.0. The van der Waals surface area contributed by atoms with Crippen molar-refractivity contribution in [3.05, 3.63) is 41.9 Å². The number of amides is 1. The predicted octanol–water partition coefficient (Wildman–Crippen LogP) is 2.46. The molecule has 2 aliphatic heterocycles. The van der Waals surface area contributed by atoms with Gasteiger partial charge in [0, 0.05) is 56.6 Å². The first-order valence-corrected chi connectivity index (χ1v) is 13.4. The number of hydrogen-bond donors (Lipinski definition) is 2. The zero-order valence-corrected chi connectivity index (χ0v) is 19.2. The minimum absolute atomic E-state index is 0.132. The Morgan fingerprint density at radius 3 is 2.52 bits per heavy atom. The Bertz CT molecular complexity index is 977. The van der Waals surface area contributed by atoms with Gasteiger partial charge in [0.1, 0.15) is 16.4 Å². The number of nitrogens with one attached hydrogen (secondary N) is 2. The Labute approximate surface area is 187 Å². The summed E-state index contributed by atoms with van der Waals surface area (Å²) >= 11 is 1.75. The molecule has 2 fully saturated rings. The highest BCUT2D eigenvalue weighted by Gasteiger charge is 2.27. The summed E-state index contributed by atoms with van der Waals surface area (Å²) in [6, 6.07) is 5.39. The van der Waals surface area contributed by atoms with Crippen LogP contribution >= 0.6 is 11.8 Å². The van der Waals surface area contributed by atoms with Crippen LogP contribution < -0.4 is 10.2 Å². The fourth-order valence-electron chi connectivity index (χ4n) is 3.88. The van der Waals surface area contributed by atoms with Crippen molar-refractivity contribution in [1.82, 2.24) is 19.6 Å². The highest BCUT2D eigenvalue weighted by atomic mass is 32.2. The van der Waals surface area contributed by atoms with E-state index in [-0.39, 0.29) is 16.5 Å². The first kappa shape index (κ1) is 22.2. The second kappa shape index (κ2) is 10.1. The number of hydrogen-bond acceptors (Lipinski definition) is 6. The molecule has 2 N–H and O–H groups in total. The number of nitrogens with zero attached hydrogens (tertiary/aromatic N) is 3. The van der Waals surface area contributed by atoms with Crippen molar-refractivity contribution >= 4 is 33.5 Å². The third-order valence-corrected chi connectivity index (χ3v) is 8.52. The number of pyridine rings is 1. The summed E-state index contributed by atoms with van der Waals surface area (Å²) in [5, 5.41) is 2.83. The molecule has 0 unspecified atom stereocenters. The molecule has 1 amide bonds. The van der Waals surface area contributed by atoms with Crippen molar-refractivity contribution in [2.75, 3.05) is 42.6 Å². The van der Waals surface area contributed by atoms with Gasteiger partial charge in [0.2, 0.25) is 10.0 Å². The third-order valence-electron chi connectivity index (χ3n) is 5.70. The largest absolute Gasteiger partial charge is 0.357 e. The molecule has 2 aromatic rings. The highest BCUT2D eigenvalue weighted by molar-refractivity contribution is 7.99. The molecule has 0 saturated carbocycles. The summed E-state index contributed by atoms with van der Waals surface area (Å²) in [4.78, 5) is 22.3. The van der Waals surface area contributed by atoms with E-state index in [9.17, 15) is 13.2 Å². The van der Waals surface area contributed by atoms with E-state index < -0.39 is 10.0 Å². The molecule has 4 rings (SSSR count). The molecule has 2 saturated heterocycles. The van der Waals surface area contributed by atoms with Gasteiger partial charge in [-0.1, -0.05) is 18.9 Å². The van der Waals surface area contributed by atoms with Crippen LogP contribution in [0.4, 0.5) is 5.82 Å². The van der Waals surface area contributed by atoms with Crippen LogP contribution in [0.3, 0.4) is 0 Å². The van der Waals surface area contributed by atoms with E-state index >= 15 is 0 Å². The number of thioether (sulfide) groups is 1. The second-order valence-electron chi connectivity index (χ2n) is 7.87. The lowest BCUT2D eigenvalue weighted by molar-refractivity contribution is 0.0946. The number of sulfonamides is 1. The van der Waals surface area contributed by atoms with E-state index in [2.05, 4.69) is 20.2 Å². The van der Waals surface area contributed by atoms with Gasteiger partial charge in [-0.15, -0.1) is 0 Å². The first-order valence-electron chi connectivity index (χ1n) is 10.8. The van der Waals surface area contributed by atoms with Crippen molar-refractivity contribution in [1.29, 1.82) is 0 Å². The summed E-state index contributed by atoms with van der Waals surface area (Å²) in [5.74, 6) is 2.22. The van der Waals surface area contributed by atoms with Gasteiger partial charge in [0.05, 0.1) is 0 Å². The van der Waals surface area contributed by atoms with Crippen LogP contribution in [0.2, 0.25) is 0 Å². The van der Waals surface area contributed by atoms with Crippen LogP contribution in [0.5, 0.6) is 0 Å². The third kappa shape index (κ3) is 5.42. The molecule has 0 radical (unpaired) electrons. The maximum absolute atomic E-state index is 12.7. The lowest BCUT2D eigenvalue weighted by atomic mass is 10.2. The number of aromatic amines is 1. The molecule has 2 aromatic heterocycles. The summed E-state index contributed by atoms with van der Waals surface area (Å²) in [6.07, 6.45) is 8.14. The maximum Gasteiger partial charge on any atom is 0.268 e. The average molecular weight is 464 g/mol. The van der Waals surface area contributed by atoms with Crippen LogP contribution in [0.1, 0.15) is 41.7 Å². The highest BCUT2D eigenvalue weighted by Crippen LogP contribution is 2.21. The van der Waals surface area contributed by atoms with Gasteiger partial charge in [-0.3, -0.25) is 4.79 Å². The SMILES string of the molecule is O=C(NCc1ccc(N2CCCCCC2)nc1)c1cc(S(=O)(=O)N2CCSCC2)c[nH]1. The average Bonchev–Trinajstić information content (AvgIpc) is 3.16. The monoisotopic (exact) mass is 463 g/mol. The van der Waals surface area contributed by atoms with Crippen LogP contribution in [0, 0.1) is 0 Å². The maximum atomic E-state index is 12.7. The van der Waals surface area contributed by atoms with Crippen LogP contribution in [0.15, 0.2) is 35.5 Å². The summed E-state index contributed by atoms with van der Waals surface area (Å²) in [5.41, 5.74) is 1.14. The van der Waals surface area contributed by atoms with Gasteiger partial charge in [-0.2, -0.15) is 16.1 Å². The normalized spacial score (nSPS) is 18.5. The minimum atomic E-state index is -3.57. The topological polar surface area (TPSA) is 98.4 Å². The first-order chi connectivity index (χ1) is 15.0. The lowest BCUT2D eigenvalue weighted by Crippen LogP contribution is -2.37. The van der Waals surface area contributed by atoms with E-state index in [0.29, 0.717) is 19.6 Å². The van der Waals surface area contributed by atoms with Gasteiger partial charge < -0.3 is 15.2 Å². The van der Waals surface area contributed by atoms with Gasteiger partial charge in [-0.05, 0) is 30.5 Å². The molecule has 0 aliphatic carbocycles. The van der Waals surface area contributed by atoms with Gasteiger partial charge >= 0.3 is 0 Å². The fourth-order valence-corrected chi connectivity index (χ4v) is 6.45. The van der Waals surface area contributed by atoms with Crippen molar-refractivity contribution in [2.45, 2.75) is 37.1 Å². The lowest BCUT2D eigenvalue weighted by Gasteiger charge is -2.24. The Morgan fingerprint density at radius 2 is 1.84 bits per heavy atom. The molecule has 8 nitrogen and oxygen atoms in total. The van der Waals surface area contributed by atoms with Crippen molar-refractivity contribution in [3.8, 4) is 0 Å². The van der Waals surface area contributed by atoms with Gasteiger partial charge in [0.15, 0.2) is 0 Å². The van der Waals surface area contributed by atoms with Crippen LogP contribution in [-0.4, -0.2) is 66.3 Å². The Hall–Kier alpha value is -2.04. The molecule has 168 valence electrons. The standard InChI is InChI=1S/C21H29N5O3S2/c27-21(19-13-18(16-22-19)31(28,29)26-9-11-30-12-10-26)24-15-17-5-6-20(23-14-17)25-7-3-1-2-4-8-25/h5-6,13-14,16,22H,1-4,7-12,15H2,(H,24,27). The Kier molecular flexibility index (Phi) is 7.19. The van der Waals surface area contributed by atoms with Crippen molar-refractivity contribution in [2.24, 2.45) is 0 Å². The predicted molar refractivity (Wildman–Crippen MR) is 123 cm³/mol. The minimum Gasteiger partial charge on any atom is -0.357 e. The van der Waals surface area contributed by atoms with E-state index in [0.717, 1.165) is 36.0 Å². The van der Waals surface area contributed by atoms with Crippen molar-refractivity contribution in [3.63, 3.8) is 0 Å². The molecular weight excluding hydrogens is 434 g/mol. The number of carbonyl (C=O) groups is 1. The quantitative estimate of drug-likeness (QED) is 0.683. The smallest absolute Gasteiger partial charge is 0.268 e. The summed E-state index contributed by atoms with van der Waals surface area (Å²) < 4.78 is 27.0. The summed E-state index contributed by atoms with van der Waals surface area (Å²) in [6.45, 7) is 3.41. The molecule has 0 atom stereocenters. The van der Waals surface area contributed by atoms with E-state index in [1.807, 2.05) is 12.1 Å². The number of H-pyrrole nitrogens is 1. The number of carbonyl (C=O) groups excluding carboxylic acids is 1. The number of rotatable bonds is 6. The molecule has 31 heavy (non-hydrogen) atoms. The van der Waals surface area contributed by atoms with Crippen LogP contribution in [-0.2, 0) is 16.6 Å². The number of anilines is 1. The molecule has 0 aromatic carbocycles. The summed E-state index contributed by atoms with van der Waals surface area (Å²) in [7, 11) is -3.57. The molecule has 0 bridgehead atoms. The molecule has 10 heteroatoms. The fraction of sp³-hybridized carbons (Fsp3) is 0.524. The Morgan fingerprint density at radius 1 is 1.10 bits per heavy atom. The zero-order chi connectivity index (χ0) is 21.7. The Balaban J connectivity index is 1.34. The molecule has 4 heterocycles. The van der Waals surface area contributed by atoms with Gasteiger partial charge in [-0.25, -0.2) is 13.4 Å². The number of aromatic nitrogens is 2.